The normalized spacial score (nSPS) is 26.4. The molecule has 0 radical (unpaired) electrons. The Kier molecular flexibility index (Phi) is 3.30. The highest BCUT2D eigenvalue weighted by Gasteiger charge is 2.51. The van der Waals surface area contributed by atoms with E-state index in [4.69, 9.17) is 6.42 Å². The minimum absolute atomic E-state index is 0.0342. The highest BCUT2D eigenvalue weighted by Crippen LogP contribution is 2.42. The third-order valence-electron chi connectivity index (χ3n) is 4.37. The van der Waals surface area contributed by atoms with Crippen molar-refractivity contribution in [3.05, 3.63) is 29.8 Å². The van der Waals surface area contributed by atoms with E-state index in [1.165, 1.54) is 0 Å². The summed E-state index contributed by atoms with van der Waals surface area (Å²) in [5.41, 5.74) is 1.33. The van der Waals surface area contributed by atoms with E-state index in [-0.39, 0.29) is 18.1 Å². The molecule has 1 aromatic rings. The van der Waals surface area contributed by atoms with Crippen LogP contribution in [0.2, 0.25) is 0 Å². The van der Waals surface area contributed by atoms with E-state index in [1.807, 2.05) is 0 Å². The number of carboxylic acid groups (broad SMARTS) is 1. The number of hydrogen-bond acceptors (Lipinski definition) is 2. The van der Waals surface area contributed by atoms with E-state index >= 15 is 0 Å². The number of anilines is 1. The predicted molar refractivity (Wildman–Crippen MR) is 77.8 cm³/mol. The van der Waals surface area contributed by atoms with Crippen molar-refractivity contribution in [2.45, 2.75) is 31.3 Å². The van der Waals surface area contributed by atoms with Gasteiger partial charge in [0.05, 0.1) is 5.92 Å². The van der Waals surface area contributed by atoms with Crippen LogP contribution in [0.4, 0.5) is 10.5 Å². The quantitative estimate of drug-likeness (QED) is 0.817. The molecule has 0 saturated carbocycles. The van der Waals surface area contributed by atoms with Gasteiger partial charge in [-0.05, 0) is 37.5 Å². The van der Waals surface area contributed by atoms with Crippen molar-refractivity contribution in [1.29, 1.82) is 0 Å². The summed E-state index contributed by atoms with van der Waals surface area (Å²) in [6.45, 7) is 0. The molecule has 21 heavy (non-hydrogen) atoms. The minimum atomic E-state index is -0.811. The lowest BCUT2D eigenvalue weighted by atomic mass is 9.89. The smallest absolute Gasteiger partial charge is 0.322 e. The lowest BCUT2D eigenvalue weighted by molar-refractivity contribution is -0.142. The van der Waals surface area contributed by atoms with Gasteiger partial charge in [0.25, 0.3) is 0 Å². The number of nitrogens with one attached hydrogen (secondary N) is 1. The molecule has 2 aliphatic heterocycles. The fourth-order valence-corrected chi connectivity index (χ4v) is 3.45. The second-order valence-electron chi connectivity index (χ2n) is 5.54. The van der Waals surface area contributed by atoms with E-state index < -0.39 is 11.9 Å². The van der Waals surface area contributed by atoms with Crippen LogP contribution in [0.25, 0.3) is 0 Å². The number of hydrogen-bond donors (Lipinski definition) is 2. The van der Waals surface area contributed by atoms with Crippen molar-refractivity contribution < 1.29 is 14.7 Å². The van der Waals surface area contributed by atoms with Gasteiger partial charge in [-0.25, -0.2) is 4.79 Å². The largest absolute Gasteiger partial charge is 0.481 e. The maximum absolute atomic E-state index is 12.4. The Bertz CT molecular complexity index is 635. The molecule has 2 aliphatic rings. The number of terminal acetylenes is 1. The van der Waals surface area contributed by atoms with E-state index in [0.29, 0.717) is 17.7 Å². The maximum atomic E-state index is 12.4. The highest BCUT2D eigenvalue weighted by molar-refractivity contribution is 5.91. The zero-order valence-electron chi connectivity index (χ0n) is 11.5. The van der Waals surface area contributed by atoms with Crippen LogP contribution < -0.4 is 5.32 Å². The molecule has 0 aromatic heterocycles. The Labute approximate surface area is 122 Å². The van der Waals surface area contributed by atoms with Crippen LogP contribution >= 0.6 is 0 Å². The molecule has 5 heteroatoms. The average Bonchev–Trinajstić information content (AvgIpc) is 3.05. The Morgan fingerprint density at radius 3 is 2.86 bits per heavy atom. The molecule has 2 amide bonds. The van der Waals surface area contributed by atoms with Crippen LogP contribution in [-0.4, -0.2) is 34.1 Å². The summed E-state index contributed by atoms with van der Waals surface area (Å²) < 4.78 is 0. The highest BCUT2D eigenvalue weighted by atomic mass is 16.4. The van der Waals surface area contributed by atoms with Crippen molar-refractivity contribution in [3.8, 4) is 12.3 Å². The molecule has 2 bridgehead atoms. The Morgan fingerprint density at radius 2 is 2.19 bits per heavy atom. The molecule has 0 aliphatic carbocycles. The fourth-order valence-electron chi connectivity index (χ4n) is 3.45. The van der Waals surface area contributed by atoms with Crippen LogP contribution in [0.15, 0.2) is 24.3 Å². The van der Waals surface area contributed by atoms with E-state index in [2.05, 4.69) is 11.2 Å². The number of rotatable bonds is 2. The fraction of sp³-hybridized carbons (Fsp3) is 0.375. The number of carboxylic acids is 1. The second-order valence-corrected chi connectivity index (χ2v) is 5.54. The molecule has 3 unspecified atom stereocenters. The molecular formula is C16H16N2O3. The molecule has 2 N–H and O–H groups in total. The molecule has 1 aromatic carbocycles. The van der Waals surface area contributed by atoms with Gasteiger partial charge in [0.2, 0.25) is 0 Å². The summed E-state index contributed by atoms with van der Waals surface area (Å²) in [7, 11) is 0. The number of aliphatic carboxylic acids is 1. The molecule has 108 valence electrons. The second kappa shape index (κ2) is 5.13. The molecular weight excluding hydrogens is 268 g/mol. The number of nitrogens with zero attached hydrogens (tertiary/aromatic N) is 1. The number of carbonyl (C=O) groups is 2. The van der Waals surface area contributed by atoms with Gasteiger partial charge in [-0.3, -0.25) is 4.79 Å². The molecule has 2 saturated heterocycles. The summed E-state index contributed by atoms with van der Waals surface area (Å²) in [5.74, 6) is 1.27. The van der Waals surface area contributed by atoms with Gasteiger partial charge in [-0.15, -0.1) is 6.42 Å². The van der Waals surface area contributed by atoms with Gasteiger partial charge in [-0.1, -0.05) is 12.0 Å². The first kappa shape index (κ1) is 13.5. The lowest BCUT2D eigenvalue weighted by Gasteiger charge is -2.23. The number of benzene rings is 1. The zero-order chi connectivity index (χ0) is 15.0. The summed E-state index contributed by atoms with van der Waals surface area (Å²) in [5, 5.41) is 12.0. The third kappa shape index (κ3) is 2.33. The van der Waals surface area contributed by atoms with Gasteiger partial charge >= 0.3 is 12.0 Å². The van der Waals surface area contributed by atoms with Crippen molar-refractivity contribution in [3.63, 3.8) is 0 Å². The van der Waals surface area contributed by atoms with Gasteiger partial charge < -0.3 is 15.3 Å². The molecule has 2 fully saturated rings. The number of carbonyl (C=O) groups excluding carboxylic acids is 1. The van der Waals surface area contributed by atoms with Crippen molar-refractivity contribution in [2.75, 3.05) is 5.32 Å². The first-order valence-corrected chi connectivity index (χ1v) is 6.99. The Morgan fingerprint density at radius 1 is 1.38 bits per heavy atom. The first-order valence-electron chi connectivity index (χ1n) is 6.99. The SMILES string of the molecule is C#Cc1cccc(NC(=O)N2C3CCC2C(C(=O)O)C3)c1. The van der Waals surface area contributed by atoms with Crippen LogP contribution in [0, 0.1) is 18.3 Å². The van der Waals surface area contributed by atoms with E-state index in [0.717, 1.165) is 12.8 Å². The zero-order valence-corrected chi connectivity index (χ0v) is 11.5. The topological polar surface area (TPSA) is 69.6 Å². The van der Waals surface area contributed by atoms with Crippen LogP contribution in [-0.2, 0) is 4.79 Å². The third-order valence-corrected chi connectivity index (χ3v) is 4.37. The minimum Gasteiger partial charge on any atom is -0.481 e. The Balaban J connectivity index is 1.74. The molecule has 5 nitrogen and oxygen atoms in total. The standard InChI is InChI=1S/C16H16N2O3/c1-2-10-4-3-5-11(8-10)17-16(21)18-12-6-7-14(18)13(9-12)15(19)20/h1,3-5,8,12-14H,6-7,9H2,(H,17,21)(H,19,20). The summed E-state index contributed by atoms with van der Waals surface area (Å²) in [6, 6.07) is 6.67. The summed E-state index contributed by atoms with van der Waals surface area (Å²) in [6.07, 6.45) is 7.54. The molecule has 0 spiro atoms. The van der Waals surface area contributed by atoms with Crippen LogP contribution in [0.3, 0.4) is 0 Å². The van der Waals surface area contributed by atoms with Crippen molar-refractivity contribution in [2.24, 2.45) is 5.92 Å². The van der Waals surface area contributed by atoms with Gasteiger partial charge in [0.1, 0.15) is 0 Å². The van der Waals surface area contributed by atoms with Crippen LogP contribution in [0.1, 0.15) is 24.8 Å². The van der Waals surface area contributed by atoms with Crippen LogP contribution in [0.5, 0.6) is 0 Å². The van der Waals surface area contributed by atoms with Gasteiger partial charge in [0.15, 0.2) is 0 Å². The predicted octanol–water partition coefficient (Wildman–Crippen LogP) is 2.14. The Hall–Kier alpha value is -2.48. The van der Waals surface area contributed by atoms with Crippen molar-refractivity contribution in [1.82, 2.24) is 4.90 Å². The van der Waals surface area contributed by atoms with E-state index in [1.54, 1.807) is 29.2 Å². The summed E-state index contributed by atoms with van der Waals surface area (Å²) >= 11 is 0. The molecule has 3 rings (SSSR count). The lowest BCUT2D eigenvalue weighted by Crippen LogP contribution is -2.40. The summed E-state index contributed by atoms with van der Waals surface area (Å²) in [4.78, 5) is 25.3. The number of urea groups is 1. The average molecular weight is 284 g/mol. The van der Waals surface area contributed by atoms with Crippen molar-refractivity contribution >= 4 is 17.7 Å². The molecule has 3 atom stereocenters. The van der Waals surface area contributed by atoms with Gasteiger partial charge in [0, 0.05) is 23.3 Å². The maximum Gasteiger partial charge on any atom is 0.322 e. The number of fused-ring (bicyclic) bond motifs is 2. The first-order chi connectivity index (χ1) is 10.1. The van der Waals surface area contributed by atoms with E-state index in [9.17, 15) is 14.7 Å². The monoisotopic (exact) mass is 284 g/mol. The molecule has 2 heterocycles. The van der Waals surface area contributed by atoms with Gasteiger partial charge in [-0.2, -0.15) is 0 Å². The number of amides is 2.